The zero-order valence-corrected chi connectivity index (χ0v) is 10.6. The zero-order valence-electron chi connectivity index (χ0n) is 10.6. The van der Waals surface area contributed by atoms with Crippen LogP contribution in [0.4, 0.5) is 5.69 Å². The van der Waals surface area contributed by atoms with Crippen LogP contribution in [0.1, 0.15) is 21.5 Å². The van der Waals surface area contributed by atoms with Crippen molar-refractivity contribution in [2.24, 2.45) is 0 Å². The first-order valence-corrected chi connectivity index (χ1v) is 5.88. The number of nitrogens with two attached hydrogens (primary N) is 1. The van der Waals surface area contributed by atoms with Gasteiger partial charge in [0, 0.05) is 5.69 Å². The molecule has 0 radical (unpaired) electrons. The predicted octanol–water partition coefficient (Wildman–Crippen LogP) is 2.85. The summed E-state index contributed by atoms with van der Waals surface area (Å²) in [6, 6.07) is 12.7. The molecule has 2 aromatic carbocycles. The maximum Gasteiger partial charge on any atom is 0.341 e. The second kappa shape index (κ2) is 5.44. The maximum absolute atomic E-state index is 11.1. The Hall–Kier alpha value is -2.49. The zero-order chi connectivity index (χ0) is 13.8. The van der Waals surface area contributed by atoms with Gasteiger partial charge in [-0.2, -0.15) is 0 Å². The van der Waals surface area contributed by atoms with Crippen molar-refractivity contribution in [3.63, 3.8) is 0 Å². The standard InChI is InChI=1S/C15H15NO3/c1-10-4-2-5-11(8-10)9-19-13-7-3-6-12(16)14(13)15(17)18/h2-8H,9,16H2,1H3,(H,17,18). The number of nitrogen functional groups attached to an aromatic ring is 1. The average molecular weight is 257 g/mol. The molecule has 0 unspecified atom stereocenters. The molecular formula is C15H15NO3. The Labute approximate surface area is 111 Å². The van der Waals surface area contributed by atoms with Gasteiger partial charge in [0.05, 0.1) is 0 Å². The molecule has 0 aliphatic carbocycles. The molecule has 0 bridgehead atoms. The van der Waals surface area contributed by atoms with Crippen molar-refractivity contribution >= 4 is 11.7 Å². The van der Waals surface area contributed by atoms with Crippen LogP contribution in [0.2, 0.25) is 0 Å². The molecule has 19 heavy (non-hydrogen) atoms. The molecule has 2 rings (SSSR count). The first-order chi connectivity index (χ1) is 9.08. The number of carbonyl (C=O) groups is 1. The van der Waals surface area contributed by atoms with E-state index in [-0.39, 0.29) is 17.0 Å². The molecule has 2 aromatic rings. The number of ether oxygens (including phenoxy) is 1. The van der Waals surface area contributed by atoms with Crippen LogP contribution >= 0.6 is 0 Å². The van der Waals surface area contributed by atoms with E-state index in [9.17, 15) is 4.79 Å². The third-order valence-corrected chi connectivity index (χ3v) is 2.75. The molecule has 0 aliphatic rings. The Morgan fingerprint density at radius 2 is 2.00 bits per heavy atom. The van der Waals surface area contributed by atoms with Gasteiger partial charge >= 0.3 is 5.97 Å². The summed E-state index contributed by atoms with van der Waals surface area (Å²) in [5.74, 6) is -0.800. The fourth-order valence-corrected chi connectivity index (χ4v) is 1.86. The van der Waals surface area contributed by atoms with Crippen molar-refractivity contribution in [3.05, 3.63) is 59.2 Å². The topological polar surface area (TPSA) is 72.5 Å². The molecule has 4 heteroatoms. The van der Waals surface area contributed by atoms with Crippen molar-refractivity contribution in [2.45, 2.75) is 13.5 Å². The first kappa shape index (κ1) is 13.0. The second-order valence-electron chi connectivity index (χ2n) is 4.30. The lowest BCUT2D eigenvalue weighted by Crippen LogP contribution is -2.07. The third kappa shape index (κ3) is 3.04. The fourth-order valence-electron chi connectivity index (χ4n) is 1.86. The second-order valence-corrected chi connectivity index (χ2v) is 4.30. The molecule has 0 aromatic heterocycles. The van der Waals surface area contributed by atoms with Crippen molar-refractivity contribution in [1.29, 1.82) is 0 Å². The van der Waals surface area contributed by atoms with Crippen LogP contribution < -0.4 is 10.5 Å². The summed E-state index contributed by atoms with van der Waals surface area (Å²) in [6.45, 7) is 2.30. The highest BCUT2D eigenvalue weighted by atomic mass is 16.5. The van der Waals surface area contributed by atoms with Gasteiger partial charge in [0.2, 0.25) is 0 Å². The van der Waals surface area contributed by atoms with Gasteiger partial charge in [-0.1, -0.05) is 35.9 Å². The van der Waals surface area contributed by atoms with E-state index in [0.717, 1.165) is 11.1 Å². The summed E-state index contributed by atoms with van der Waals surface area (Å²) in [6.07, 6.45) is 0. The molecule has 0 saturated carbocycles. The number of aromatic carboxylic acids is 1. The van der Waals surface area contributed by atoms with E-state index in [1.807, 2.05) is 31.2 Å². The van der Waals surface area contributed by atoms with Crippen LogP contribution in [0.25, 0.3) is 0 Å². The Balaban J connectivity index is 2.20. The van der Waals surface area contributed by atoms with Crippen LogP contribution in [-0.2, 0) is 6.61 Å². The number of carboxylic acid groups (broad SMARTS) is 1. The van der Waals surface area contributed by atoms with E-state index in [1.54, 1.807) is 18.2 Å². The van der Waals surface area contributed by atoms with Crippen molar-refractivity contribution in [3.8, 4) is 5.75 Å². The number of hydrogen-bond acceptors (Lipinski definition) is 3. The number of anilines is 1. The number of aryl methyl sites for hydroxylation is 1. The minimum atomic E-state index is -1.09. The largest absolute Gasteiger partial charge is 0.488 e. The molecule has 0 saturated heterocycles. The monoisotopic (exact) mass is 257 g/mol. The lowest BCUT2D eigenvalue weighted by Gasteiger charge is -2.11. The van der Waals surface area contributed by atoms with Gasteiger partial charge in [-0.3, -0.25) is 0 Å². The van der Waals surface area contributed by atoms with Crippen LogP contribution in [0.3, 0.4) is 0 Å². The number of carboxylic acids is 1. The number of rotatable bonds is 4. The Bertz CT molecular complexity index is 608. The smallest absolute Gasteiger partial charge is 0.341 e. The molecule has 4 nitrogen and oxygen atoms in total. The summed E-state index contributed by atoms with van der Waals surface area (Å²) in [5.41, 5.74) is 7.98. The highest BCUT2D eigenvalue weighted by Gasteiger charge is 2.14. The van der Waals surface area contributed by atoms with Gasteiger partial charge in [-0.25, -0.2) is 4.79 Å². The van der Waals surface area contributed by atoms with E-state index < -0.39 is 5.97 Å². The molecule has 98 valence electrons. The fraction of sp³-hybridized carbons (Fsp3) is 0.133. The van der Waals surface area contributed by atoms with Gasteiger partial charge < -0.3 is 15.6 Å². The summed E-state index contributed by atoms with van der Waals surface area (Å²) < 4.78 is 5.56. The Kier molecular flexibility index (Phi) is 3.71. The van der Waals surface area contributed by atoms with Crippen molar-refractivity contribution < 1.29 is 14.6 Å². The SMILES string of the molecule is Cc1cccc(COc2cccc(N)c2C(=O)O)c1. The van der Waals surface area contributed by atoms with Crippen LogP contribution in [-0.4, -0.2) is 11.1 Å². The van der Waals surface area contributed by atoms with Crippen LogP contribution in [0.15, 0.2) is 42.5 Å². The van der Waals surface area contributed by atoms with E-state index in [1.165, 1.54) is 0 Å². The molecule has 3 N–H and O–H groups in total. The molecule has 0 spiro atoms. The lowest BCUT2D eigenvalue weighted by atomic mass is 10.1. The average Bonchev–Trinajstić information content (AvgIpc) is 2.36. The molecule has 0 heterocycles. The number of benzene rings is 2. The normalized spacial score (nSPS) is 10.2. The maximum atomic E-state index is 11.1. The van der Waals surface area contributed by atoms with E-state index in [4.69, 9.17) is 15.6 Å². The molecule has 0 amide bonds. The van der Waals surface area contributed by atoms with Crippen molar-refractivity contribution in [1.82, 2.24) is 0 Å². The summed E-state index contributed by atoms with van der Waals surface area (Å²) in [7, 11) is 0. The highest BCUT2D eigenvalue weighted by Crippen LogP contribution is 2.25. The molecule has 0 aliphatic heterocycles. The highest BCUT2D eigenvalue weighted by molar-refractivity contribution is 5.96. The minimum absolute atomic E-state index is 0.00940. The van der Waals surface area contributed by atoms with Gasteiger partial charge in [0.1, 0.15) is 17.9 Å². The van der Waals surface area contributed by atoms with Gasteiger partial charge in [0.15, 0.2) is 0 Å². The molecule has 0 atom stereocenters. The Morgan fingerprint density at radius 3 is 2.68 bits per heavy atom. The molecule has 0 fully saturated rings. The minimum Gasteiger partial charge on any atom is -0.488 e. The van der Waals surface area contributed by atoms with E-state index in [0.29, 0.717) is 6.61 Å². The molecular weight excluding hydrogens is 242 g/mol. The van der Waals surface area contributed by atoms with Crippen LogP contribution in [0, 0.1) is 6.92 Å². The Morgan fingerprint density at radius 1 is 1.26 bits per heavy atom. The lowest BCUT2D eigenvalue weighted by molar-refractivity contribution is 0.0693. The van der Waals surface area contributed by atoms with Gasteiger partial charge in [-0.15, -0.1) is 0 Å². The predicted molar refractivity (Wildman–Crippen MR) is 73.3 cm³/mol. The van der Waals surface area contributed by atoms with Crippen LogP contribution in [0.5, 0.6) is 5.75 Å². The first-order valence-electron chi connectivity index (χ1n) is 5.88. The van der Waals surface area contributed by atoms with Gasteiger partial charge in [-0.05, 0) is 24.6 Å². The van der Waals surface area contributed by atoms with E-state index >= 15 is 0 Å². The van der Waals surface area contributed by atoms with Crippen molar-refractivity contribution in [2.75, 3.05) is 5.73 Å². The third-order valence-electron chi connectivity index (χ3n) is 2.75. The van der Waals surface area contributed by atoms with E-state index in [2.05, 4.69) is 0 Å². The summed E-state index contributed by atoms with van der Waals surface area (Å²) >= 11 is 0. The van der Waals surface area contributed by atoms with Gasteiger partial charge in [0.25, 0.3) is 0 Å². The quantitative estimate of drug-likeness (QED) is 0.826. The summed E-state index contributed by atoms with van der Waals surface area (Å²) in [5, 5.41) is 9.13. The summed E-state index contributed by atoms with van der Waals surface area (Å²) in [4.78, 5) is 11.1. The number of hydrogen-bond donors (Lipinski definition) is 2.